The molecule has 7 heteroatoms. The van der Waals surface area contributed by atoms with Gasteiger partial charge in [-0.05, 0) is 39.6 Å². The van der Waals surface area contributed by atoms with Crippen LogP contribution in [0.4, 0.5) is 8.78 Å². The topological polar surface area (TPSA) is 76.5 Å². The molecule has 2 N–H and O–H groups in total. The number of nitrogens with two attached hydrogens (primary N) is 1. The Morgan fingerprint density at radius 1 is 0.750 bits per heavy atom. The smallest absolute Gasteiger partial charge is 0.176 e. The number of rotatable bonds is 5. The highest BCUT2D eigenvalue weighted by molar-refractivity contribution is 6.09. The van der Waals surface area contributed by atoms with Gasteiger partial charge in [0.1, 0.15) is 23.0 Å². The van der Waals surface area contributed by atoms with Crippen LogP contribution in [0.2, 0.25) is 0 Å². The van der Waals surface area contributed by atoms with E-state index in [1.165, 1.54) is 47.4 Å². The molecule has 0 radical (unpaired) electrons. The minimum atomic E-state index is -0.494. The Hall–Kier alpha value is -4.78. The molecule has 0 fully saturated rings. The molecule has 2 aromatic heterocycles. The van der Waals surface area contributed by atoms with Gasteiger partial charge in [0, 0.05) is 24.5 Å². The van der Waals surface area contributed by atoms with E-state index in [-0.39, 0.29) is 29.6 Å². The van der Waals surface area contributed by atoms with Crippen LogP contribution in [-0.4, -0.2) is 21.6 Å². The van der Waals surface area contributed by atoms with E-state index in [4.69, 9.17) is 5.73 Å². The van der Waals surface area contributed by atoms with Gasteiger partial charge in [-0.1, -0.05) is 66.7 Å². The van der Waals surface area contributed by atoms with Gasteiger partial charge in [-0.25, -0.2) is 13.8 Å². The molecular formula is C29H21F2N5. The third kappa shape index (κ3) is 5.15. The highest BCUT2D eigenvalue weighted by atomic mass is 19.1. The van der Waals surface area contributed by atoms with Crippen LogP contribution < -0.4 is 5.73 Å². The zero-order valence-corrected chi connectivity index (χ0v) is 19.1. The third-order valence-electron chi connectivity index (χ3n) is 5.63. The Morgan fingerprint density at radius 2 is 1.42 bits per heavy atom. The second-order valence-corrected chi connectivity index (χ2v) is 8.08. The lowest BCUT2D eigenvalue weighted by Gasteiger charge is -2.08. The lowest BCUT2D eigenvalue weighted by atomic mass is 9.97. The lowest BCUT2D eigenvalue weighted by Crippen LogP contribution is -2.18. The van der Waals surface area contributed by atoms with Crippen LogP contribution in [0, 0.1) is 11.6 Å². The molecule has 0 saturated carbocycles. The minimum absolute atomic E-state index is 0.0504. The summed E-state index contributed by atoms with van der Waals surface area (Å²) in [6, 6.07) is 27.4. The molecule has 3 aromatic carbocycles. The van der Waals surface area contributed by atoms with E-state index in [9.17, 15) is 8.78 Å². The van der Waals surface area contributed by atoms with Gasteiger partial charge in [0.15, 0.2) is 11.7 Å². The van der Waals surface area contributed by atoms with Gasteiger partial charge in [-0.15, -0.1) is 0 Å². The Morgan fingerprint density at radius 3 is 2.17 bits per heavy atom. The summed E-state index contributed by atoms with van der Waals surface area (Å²) in [5.41, 5.74) is 9.58. The molecule has 5 rings (SSSR count). The van der Waals surface area contributed by atoms with Crippen LogP contribution in [0.1, 0.15) is 17.0 Å². The van der Waals surface area contributed by atoms with Gasteiger partial charge >= 0.3 is 0 Å². The number of aliphatic imine (C=N–C) groups is 2. The lowest BCUT2D eigenvalue weighted by molar-refractivity contribution is 0.624. The zero-order valence-electron chi connectivity index (χ0n) is 19.1. The summed E-state index contributed by atoms with van der Waals surface area (Å²) in [6.45, 7) is 0.261. The Labute approximate surface area is 206 Å². The number of amidine groups is 2. The average Bonchev–Trinajstić information content (AvgIpc) is 2.91. The first kappa shape index (κ1) is 23.0. The standard InChI is InChI=1S/C29H21F2N5/c30-22-12-14-33-26(16-22)28(32)36-29(27-17-23(31)13-15-34-27)35-18-19-8-10-21(11-9-19)25-7-3-5-20-4-1-2-6-24(20)25/h1-17H,18H2,(H2,32,35,36). The molecule has 0 spiro atoms. The van der Waals surface area contributed by atoms with Gasteiger partial charge in [0.2, 0.25) is 0 Å². The second-order valence-electron chi connectivity index (χ2n) is 8.08. The van der Waals surface area contributed by atoms with Crippen molar-refractivity contribution in [2.45, 2.75) is 6.54 Å². The van der Waals surface area contributed by atoms with Crippen molar-refractivity contribution >= 4 is 22.4 Å². The molecule has 0 bridgehead atoms. The first-order valence-electron chi connectivity index (χ1n) is 11.3. The summed E-state index contributed by atoms with van der Waals surface area (Å²) >= 11 is 0. The highest BCUT2D eigenvalue weighted by Crippen LogP contribution is 2.28. The number of benzene rings is 3. The highest BCUT2D eigenvalue weighted by Gasteiger charge is 2.10. The van der Waals surface area contributed by atoms with Crippen molar-refractivity contribution in [2.24, 2.45) is 15.7 Å². The van der Waals surface area contributed by atoms with Crippen molar-refractivity contribution in [1.82, 2.24) is 9.97 Å². The maximum absolute atomic E-state index is 13.9. The summed E-state index contributed by atoms with van der Waals surface area (Å²) in [7, 11) is 0. The van der Waals surface area contributed by atoms with E-state index in [1.54, 1.807) is 0 Å². The maximum atomic E-state index is 13.9. The van der Waals surface area contributed by atoms with Crippen LogP contribution in [0.5, 0.6) is 0 Å². The molecule has 0 aliphatic carbocycles. The van der Waals surface area contributed by atoms with Crippen LogP contribution in [0.25, 0.3) is 21.9 Å². The fourth-order valence-corrected chi connectivity index (χ4v) is 3.85. The number of hydrogen-bond acceptors (Lipinski definition) is 3. The first-order chi connectivity index (χ1) is 17.6. The molecule has 0 atom stereocenters. The van der Waals surface area contributed by atoms with Crippen LogP contribution in [-0.2, 0) is 6.54 Å². The van der Waals surface area contributed by atoms with Gasteiger partial charge in [0.05, 0.1) is 6.54 Å². The van der Waals surface area contributed by atoms with Gasteiger partial charge in [0.25, 0.3) is 0 Å². The summed E-state index contributed by atoms with van der Waals surface area (Å²) in [6.07, 6.45) is 2.62. The fourth-order valence-electron chi connectivity index (χ4n) is 3.85. The van der Waals surface area contributed by atoms with E-state index in [2.05, 4.69) is 44.2 Å². The summed E-state index contributed by atoms with van der Waals surface area (Å²) in [4.78, 5) is 17.1. The van der Waals surface area contributed by atoms with Crippen molar-refractivity contribution in [2.75, 3.05) is 0 Å². The van der Waals surface area contributed by atoms with Crippen molar-refractivity contribution in [3.8, 4) is 11.1 Å². The summed E-state index contributed by atoms with van der Waals surface area (Å²) in [5, 5.41) is 2.36. The van der Waals surface area contributed by atoms with E-state index in [0.29, 0.717) is 0 Å². The van der Waals surface area contributed by atoms with Gasteiger partial charge in [-0.3, -0.25) is 15.0 Å². The Kier molecular flexibility index (Phi) is 6.53. The molecule has 5 nitrogen and oxygen atoms in total. The SMILES string of the molecule is NC(=NC(=NCc1ccc(-c2cccc3ccccc23)cc1)c1cc(F)ccn1)c1cc(F)ccn1. The quantitative estimate of drug-likeness (QED) is 0.252. The third-order valence-corrected chi connectivity index (χ3v) is 5.63. The van der Waals surface area contributed by atoms with E-state index >= 15 is 0 Å². The molecule has 2 heterocycles. The van der Waals surface area contributed by atoms with Crippen molar-refractivity contribution in [3.63, 3.8) is 0 Å². The predicted octanol–water partition coefficient (Wildman–Crippen LogP) is 5.93. The van der Waals surface area contributed by atoms with E-state index in [0.717, 1.165) is 16.7 Å². The number of nitrogens with zero attached hydrogens (tertiary/aromatic N) is 4. The molecule has 0 aliphatic rings. The average molecular weight is 478 g/mol. The Bertz CT molecular complexity index is 1590. The molecule has 0 aliphatic heterocycles. The Balaban J connectivity index is 1.45. The molecule has 0 saturated heterocycles. The van der Waals surface area contributed by atoms with Crippen LogP contribution in [0.3, 0.4) is 0 Å². The number of hydrogen-bond donors (Lipinski definition) is 1. The monoisotopic (exact) mass is 477 g/mol. The molecular weight excluding hydrogens is 456 g/mol. The predicted molar refractivity (Wildman–Crippen MR) is 139 cm³/mol. The van der Waals surface area contributed by atoms with Crippen molar-refractivity contribution in [1.29, 1.82) is 0 Å². The van der Waals surface area contributed by atoms with Gasteiger partial charge in [-0.2, -0.15) is 0 Å². The maximum Gasteiger partial charge on any atom is 0.176 e. The number of halogens is 2. The van der Waals surface area contributed by atoms with Gasteiger partial charge < -0.3 is 5.73 Å². The van der Waals surface area contributed by atoms with Crippen molar-refractivity contribution < 1.29 is 8.78 Å². The molecule has 5 aromatic rings. The van der Waals surface area contributed by atoms with E-state index in [1.807, 2.05) is 42.5 Å². The minimum Gasteiger partial charge on any atom is -0.382 e. The molecule has 0 amide bonds. The van der Waals surface area contributed by atoms with Crippen molar-refractivity contribution in [3.05, 3.63) is 132 Å². The fraction of sp³-hybridized carbons (Fsp3) is 0.0345. The molecule has 176 valence electrons. The van der Waals surface area contributed by atoms with Crippen LogP contribution >= 0.6 is 0 Å². The first-order valence-corrected chi connectivity index (χ1v) is 11.3. The number of fused-ring (bicyclic) bond motifs is 1. The summed E-state index contributed by atoms with van der Waals surface area (Å²) < 4.78 is 27.5. The number of pyridine rings is 2. The molecule has 0 unspecified atom stereocenters. The normalized spacial score (nSPS) is 12.2. The largest absolute Gasteiger partial charge is 0.382 e. The molecule has 36 heavy (non-hydrogen) atoms. The van der Waals surface area contributed by atoms with E-state index < -0.39 is 11.6 Å². The van der Waals surface area contributed by atoms with Crippen LogP contribution in [0.15, 0.2) is 113 Å². The number of aromatic nitrogens is 2. The zero-order chi connectivity index (χ0) is 24.9. The summed E-state index contributed by atoms with van der Waals surface area (Å²) in [5.74, 6) is -0.904. The second kappa shape index (κ2) is 10.2.